The number of pyridine rings is 2. The maximum atomic E-state index is 13.7. The Morgan fingerprint density at radius 1 is 1.15 bits per heavy atom. The van der Waals surface area contributed by atoms with Crippen molar-refractivity contribution in [2.45, 2.75) is 45.3 Å². The summed E-state index contributed by atoms with van der Waals surface area (Å²) in [5, 5.41) is 3.32. The first-order valence-electron chi connectivity index (χ1n) is 14.0. The maximum Gasteiger partial charge on any atom is 0.264 e. The number of alkyl halides is 2. The molecule has 11 heteroatoms. The number of aromatic nitrogens is 2. The molecule has 0 unspecified atom stereocenters. The van der Waals surface area contributed by atoms with Crippen LogP contribution in [-0.4, -0.2) is 72.3 Å². The summed E-state index contributed by atoms with van der Waals surface area (Å²) in [6.07, 6.45) is 0.230. The number of anilines is 1. The predicted octanol–water partition coefficient (Wildman–Crippen LogP) is 5.10. The number of nitrogens with zero attached hydrogens (tertiary/aromatic N) is 4. The number of carbonyl (C=O) groups is 1. The highest BCUT2D eigenvalue weighted by atomic mass is 19.3. The summed E-state index contributed by atoms with van der Waals surface area (Å²) in [5.41, 5.74) is 1.47. The second-order valence-electron chi connectivity index (χ2n) is 10.1. The second-order valence-corrected chi connectivity index (χ2v) is 10.1. The average molecular weight is 570 g/mol. The van der Waals surface area contributed by atoms with Crippen LogP contribution in [0, 0.1) is 5.82 Å². The molecule has 1 N–H and O–H groups in total. The molecule has 218 valence electrons. The Morgan fingerprint density at radius 3 is 2.73 bits per heavy atom. The number of rotatable bonds is 9. The van der Waals surface area contributed by atoms with Gasteiger partial charge in [0, 0.05) is 49.5 Å². The zero-order valence-corrected chi connectivity index (χ0v) is 23.2. The van der Waals surface area contributed by atoms with Gasteiger partial charge in [-0.2, -0.15) is 0 Å². The van der Waals surface area contributed by atoms with Crippen LogP contribution in [0.15, 0.2) is 48.7 Å². The van der Waals surface area contributed by atoms with E-state index in [9.17, 15) is 18.0 Å². The molecule has 0 bridgehead atoms. The fraction of sp³-hybridized carbons (Fsp3) is 0.433. The number of hydrogen-bond donors (Lipinski definition) is 1. The van der Waals surface area contributed by atoms with Gasteiger partial charge in [-0.3, -0.25) is 4.79 Å². The molecule has 5 rings (SSSR count). The van der Waals surface area contributed by atoms with Crippen molar-refractivity contribution in [2.75, 3.05) is 44.2 Å². The average Bonchev–Trinajstić information content (AvgIpc) is 3.50. The van der Waals surface area contributed by atoms with E-state index in [1.54, 1.807) is 11.1 Å². The summed E-state index contributed by atoms with van der Waals surface area (Å²) >= 11 is 0. The van der Waals surface area contributed by atoms with Crippen LogP contribution in [0.3, 0.4) is 0 Å². The van der Waals surface area contributed by atoms with Crippen LogP contribution in [-0.2, 0) is 0 Å². The largest absolute Gasteiger partial charge is 0.477 e. The number of piperazine rings is 1. The van der Waals surface area contributed by atoms with E-state index in [0.717, 1.165) is 42.4 Å². The van der Waals surface area contributed by atoms with Gasteiger partial charge in [0.1, 0.15) is 17.6 Å². The van der Waals surface area contributed by atoms with Gasteiger partial charge in [-0.15, -0.1) is 0 Å². The Labute approximate surface area is 237 Å². The van der Waals surface area contributed by atoms with E-state index in [-0.39, 0.29) is 17.7 Å². The SMILES string of the molecule is CCOc1ncccc1-c1ccc(N2CCN(C(=O)c3ccc(F)cc3C(F)F)C[C@H]2CC)c(O[C@@H]2CCNC2)n1. The molecule has 4 heterocycles. The van der Waals surface area contributed by atoms with E-state index in [1.807, 2.05) is 38.1 Å². The van der Waals surface area contributed by atoms with Crippen molar-refractivity contribution in [3.05, 3.63) is 65.6 Å². The number of nitrogens with one attached hydrogen (secondary N) is 1. The number of ether oxygens (including phenoxy) is 2. The van der Waals surface area contributed by atoms with Crippen molar-refractivity contribution in [1.29, 1.82) is 0 Å². The summed E-state index contributed by atoms with van der Waals surface area (Å²) in [6.45, 7) is 7.03. The number of hydrogen-bond acceptors (Lipinski definition) is 7. The zero-order valence-electron chi connectivity index (χ0n) is 23.2. The number of carbonyl (C=O) groups excluding carboxylic acids is 1. The quantitative estimate of drug-likeness (QED) is 0.384. The molecule has 3 aromatic rings. The Kier molecular flexibility index (Phi) is 8.92. The zero-order chi connectivity index (χ0) is 28.9. The first-order valence-corrected chi connectivity index (χ1v) is 14.0. The highest BCUT2D eigenvalue weighted by Crippen LogP contribution is 2.36. The molecule has 8 nitrogen and oxygen atoms in total. The molecule has 2 saturated heterocycles. The van der Waals surface area contributed by atoms with Gasteiger partial charge in [-0.25, -0.2) is 23.1 Å². The van der Waals surface area contributed by atoms with E-state index >= 15 is 0 Å². The number of benzene rings is 1. The Hall–Kier alpha value is -3.86. The minimum Gasteiger partial charge on any atom is -0.477 e. The van der Waals surface area contributed by atoms with Crippen molar-refractivity contribution in [2.24, 2.45) is 0 Å². The lowest BCUT2D eigenvalue weighted by molar-refractivity contribution is 0.0708. The van der Waals surface area contributed by atoms with Crippen molar-refractivity contribution in [1.82, 2.24) is 20.2 Å². The minimum absolute atomic E-state index is 0.0362. The first kappa shape index (κ1) is 28.7. The predicted molar refractivity (Wildman–Crippen MR) is 149 cm³/mol. The van der Waals surface area contributed by atoms with Gasteiger partial charge >= 0.3 is 0 Å². The van der Waals surface area contributed by atoms with Gasteiger partial charge in [-0.1, -0.05) is 6.92 Å². The van der Waals surface area contributed by atoms with E-state index in [0.29, 0.717) is 56.7 Å². The summed E-state index contributed by atoms with van der Waals surface area (Å²) < 4.78 is 53.0. The number of amides is 1. The van der Waals surface area contributed by atoms with Crippen LogP contribution >= 0.6 is 0 Å². The fourth-order valence-electron chi connectivity index (χ4n) is 5.40. The van der Waals surface area contributed by atoms with Crippen LogP contribution in [0.2, 0.25) is 0 Å². The molecule has 2 aliphatic rings. The van der Waals surface area contributed by atoms with E-state index in [1.165, 1.54) is 0 Å². The van der Waals surface area contributed by atoms with Crippen LogP contribution in [0.5, 0.6) is 11.8 Å². The molecular weight excluding hydrogens is 535 g/mol. The molecule has 0 spiro atoms. The lowest BCUT2D eigenvalue weighted by atomic mass is 10.0. The van der Waals surface area contributed by atoms with Gasteiger partial charge in [0.25, 0.3) is 12.3 Å². The summed E-state index contributed by atoms with van der Waals surface area (Å²) in [6, 6.07) is 10.4. The lowest BCUT2D eigenvalue weighted by Crippen LogP contribution is -2.55. The van der Waals surface area contributed by atoms with Crippen LogP contribution in [0.4, 0.5) is 18.9 Å². The molecule has 0 radical (unpaired) electrons. The highest BCUT2D eigenvalue weighted by Gasteiger charge is 2.33. The Bertz CT molecular complexity index is 1370. The molecule has 1 amide bonds. The van der Waals surface area contributed by atoms with E-state index < -0.39 is 23.7 Å². The van der Waals surface area contributed by atoms with Gasteiger partial charge in [0.05, 0.1) is 17.9 Å². The molecular formula is C30H34F3N5O3. The normalized spacial score (nSPS) is 19.1. The monoisotopic (exact) mass is 569 g/mol. The molecule has 2 atom stereocenters. The van der Waals surface area contributed by atoms with Gasteiger partial charge in [0.2, 0.25) is 11.8 Å². The Morgan fingerprint density at radius 2 is 2.00 bits per heavy atom. The highest BCUT2D eigenvalue weighted by molar-refractivity contribution is 5.96. The third kappa shape index (κ3) is 6.24. The van der Waals surface area contributed by atoms with Gasteiger partial charge in [-0.05, 0) is 68.8 Å². The molecule has 2 aromatic heterocycles. The Balaban J connectivity index is 1.44. The standard InChI is InChI=1S/C30H34F3N5O3/c1-3-20-18-37(30(39)22-8-7-19(31)16-24(22)27(32)33)14-15-38(20)26-10-9-25(23-6-5-12-35-28(23)40-4-2)36-29(26)41-21-11-13-34-17-21/h5-10,12,16,20-21,27,34H,3-4,11,13-15,17-18H2,1-2H3/t20-,21-/m1/s1. The van der Waals surface area contributed by atoms with Gasteiger partial charge in [0.15, 0.2) is 0 Å². The third-order valence-electron chi connectivity index (χ3n) is 7.49. The van der Waals surface area contributed by atoms with Crippen molar-refractivity contribution in [3.63, 3.8) is 0 Å². The second kappa shape index (κ2) is 12.8. The maximum absolute atomic E-state index is 13.7. The minimum atomic E-state index is -2.95. The molecule has 2 aliphatic heterocycles. The third-order valence-corrected chi connectivity index (χ3v) is 7.49. The topological polar surface area (TPSA) is 79.8 Å². The van der Waals surface area contributed by atoms with Crippen molar-refractivity contribution < 1.29 is 27.4 Å². The van der Waals surface area contributed by atoms with E-state index in [2.05, 4.69) is 15.2 Å². The van der Waals surface area contributed by atoms with Crippen LogP contribution < -0.4 is 19.7 Å². The lowest BCUT2D eigenvalue weighted by Gasteiger charge is -2.43. The fourth-order valence-corrected chi connectivity index (χ4v) is 5.40. The van der Waals surface area contributed by atoms with Crippen LogP contribution in [0.25, 0.3) is 11.3 Å². The number of halogens is 3. The molecule has 0 aliphatic carbocycles. The van der Waals surface area contributed by atoms with E-state index in [4.69, 9.17) is 14.5 Å². The van der Waals surface area contributed by atoms with Gasteiger partial charge < -0.3 is 24.6 Å². The molecule has 0 saturated carbocycles. The smallest absolute Gasteiger partial charge is 0.264 e. The molecule has 1 aromatic carbocycles. The molecule has 2 fully saturated rings. The van der Waals surface area contributed by atoms with Crippen molar-refractivity contribution in [3.8, 4) is 23.0 Å². The summed E-state index contributed by atoms with van der Waals surface area (Å²) in [7, 11) is 0. The summed E-state index contributed by atoms with van der Waals surface area (Å²) in [5.74, 6) is -0.348. The van der Waals surface area contributed by atoms with Crippen LogP contribution in [0.1, 0.15) is 49.0 Å². The van der Waals surface area contributed by atoms with Crippen molar-refractivity contribution >= 4 is 11.6 Å². The summed E-state index contributed by atoms with van der Waals surface area (Å²) in [4.78, 5) is 26.3. The first-order chi connectivity index (χ1) is 19.9. The molecule has 41 heavy (non-hydrogen) atoms.